The standard InChI is InChI=1S/C15H20Cl2N2O2/c1-3-11-6-5-7-12(4-2)15(11)19(14(21)9-17)10-18-13(20)8-16/h5-7H,3-4,8-10H2,1-2H3,(H,18,20). The lowest BCUT2D eigenvalue weighted by atomic mass is 10.0. The van der Waals surface area contributed by atoms with Crippen molar-refractivity contribution in [1.29, 1.82) is 0 Å². The molecule has 0 aliphatic heterocycles. The Morgan fingerprint density at radius 1 is 1.10 bits per heavy atom. The highest BCUT2D eigenvalue weighted by molar-refractivity contribution is 6.29. The molecule has 1 rings (SSSR count). The van der Waals surface area contributed by atoms with Gasteiger partial charge in [0.25, 0.3) is 0 Å². The van der Waals surface area contributed by atoms with E-state index in [1.165, 1.54) is 4.90 Å². The Balaban J connectivity index is 3.19. The molecule has 0 aliphatic carbocycles. The molecule has 4 nitrogen and oxygen atoms in total. The Morgan fingerprint density at radius 3 is 2.10 bits per heavy atom. The molecule has 116 valence electrons. The van der Waals surface area contributed by atoms with Crippen LogP contribution in [0.15, 0.2) is 18.2 Å². The second-order valence-corrected chi connectivity index (χ2v) is 5.01. The van der Waals surface area contributed by atoms with E-state index in [1.807, 2.05) is 32.0 Å². The third-order valence-electron chi connectivity index (χ3n) is 3.21. The lowest BCUT2D eigenvalue weighted by Gasteiger charge is -2.27. The van der Waals surface area contributed by atoms with Crippen molar-refractivity contribution in [3.05, 3.63) is 29.3 Å². The van der Waals surface area contributed by atoms with Crippen LogP contribution in [0, 0.1) is 0 Å². The van der Waals surface area contributed by atoms with Crippen molar-refractivity contribution in [1.82, 2.24) is 5.32 Å². The average Bonchev–Trinajstić information content (AvgIpc) is 2.53. The molecule has 21 heavy (non-hydrogen) atoms. The van der Waals surface area contributed by atoms with Gasteiger partial charge < -0.3 is 5.32 Å². The number of hydrogen-bond acceptors (Lipinski definition) is 2. The number of alkyl halides is 2. The minimum absolute atomic E-state index is 0.0706. The maximum Gasteiger partial charge on any atom is 0.243 e. The number of benzene rings is 1. The second kappa shape index (κ2) is 8.90. The van der Waals surface area contributed by atoms with Gasteiger partial charge in [0.2, 0.25) is 11.8 Å². The van der Waals surface area contributed by atoms with E-state index in [4.69, 9.17) is 23.2 Å². The summed E-state index contributed by atoms with van der Waals surface area (Å²) in [4.78, 5) is 25.0. The molecule has 0 saturated heterocycles. The molecular weight excluding hydrogens is 311 g/mol. The van der Waals surface area contributed by atoms with Crippen LogP contribution >= 0.6 is 23.2 Å². The first-order valence-corrected chi connectivity index (χ1v) is 7.95. The summed E-state index contributed by atoms with van der Waals surface area (Å²) in [6, 6.07) is 5.93. The molecule has 1 aromatic carbocycles. The fraction of sp³-hybridized carbons (Fsp3) is 0.467. The van der Waals surface area contributed by atoms with Gasteiger partial charge in [-0.2, -0.15) is 0 Å². The monoisotopic (exact) mass is 330 g/mol. The molecule has 0 aliphatic rings. The molecule has 0 heterocycles. The summed E-state index contributed by atoms with van der Waals surface area (Å²) in [6.07, 6.45) is 1.58. The minimum Gasteiger partial charge on any atom is -0.337 e. The largest absolute Gasteiger partial charge is 0.337 e. The van der Waals surface area contributed by atoms with E-state index < -0.39 is 0 Å². The molecule has 0 atom stereocenters. The first-order valence-electron chi connectivity index (χ1n) is 6.88. The third-order valence-corrected chi connectivity index (χ3v) is 3.68. The number of carbonyl (C=O) groups is 2. The van der Waals surface area contributed by atoms with Crippen LogP contribution in [0.4, 0.5) is 5.69 Å². The van der Waals surface area contributed by atoms with Gasteiger partial charge in [0.05, 0.1) is 12.4 Å². The van der Waals surface area contributed by atoms with Crippen molar-refractivity contribution >= 4 is 40.7 Å². The average molecular weight is 331 g/mol. The van der Waals surface area contributed by atoms with E-state index >= 15 is 0 Å². The molecule has 0 aromatic heterocycles. The van der Waals surface area contributed by atoms with Gasteiger partial charge in [0.15, 0.2) is 0 Å². The summed E-state index contributed by atoms with van der Waals surface area (Å²) in [5, 5.41) is 2.62. The number of rotatable bonds is 7. The zero-order chi connectivity index (χ0) is 15.8. The van der Waals surface area contributed by atoms with Crippen molar-refractivity contribution < 1.29 is 9.59 Å². The van der Waals surface area contributed by atoms with Crippen LogP contribution in [0.5, 0.6) is 0 Å². The van der Waals surface area contributed by atoms with Gasteiger partial charge in [0.1, 0.15) is 11.8 Å². The number of halogens is 2. The van der Waals surface area contributed by atoms with Gasteiger partial charge in [-0.1, -0.05) is 32.0 Å². The Hall–Kier alpha value is -1.26. The number of nitrogens with zero attached hydrogens (tertiary/aromatic N) is 1. The summed E-state index contributed by atoms with van der Waals surface area (Å²) in [5.41, 5.74) is 2.93. The number of carbonyl (C=O) groups excluding carboxylic acids is 2. The van der Waals surface area contributed by atoms with Crippen LogP contribution in [0.25, 0.3) is 0 Å². The van der Waals surface area contributed by atoms with Crippen molar-refractivity contribution in [2.24, 2.45) is 0 Å². The summed E-state index contributed by atoms with van der Waals surface area (Å²) in [7, 11) is 0. The van der Waals surface area contributed by atoms with Gasteiger partial charge in [-0.25, -0.2) is 0 Å². The third kappa shape index (κ3) is 4.61. The number of aryl methyl sites for hydroxylation is 2. The Bertz CT molecular complexity index is 484. The van der Waals surface area contributed by atoms with E-state index in [0.29, 0.717) is 0 Å². The number of amides is 2. The van der Waals surface area contributed by atoms with Crippen LogP contribution in [-0.4, -0.2) is 30.2 Å². The molecule has 1 aromatic rings. The van der Waals surface area contributed by atoms with Crippen LogP contribution in [0.2, 0.25) is 0 Å². The SMILES string of the molecule is CCc1cccc(CC)c1N(CNC(=O)CCl)C(=O)CCl. The van der Waals surface area contributed by atoms with Crippen molar-refractivity contribution in [3.63, 3.8) is 0 Å². The Labute approximate surface area is 135 Å². The summed E-state index contributed by atoms with van der Waals surface area (Å²) >= 11 is 11.2. The van der Waals surface area contributed by atoms with Crippen molar-refractivity contribution in [3.8, 4) is 0 Å². The Morgan fingerprint density at radius 2 is 1.67 bits per heavy atom. The molecule has 0 fully saturated rings. The molecule has 0 saturated carbocycles. The first-order chi connectivity index (χ1) is 10.1. The van der Waals surface area contributed by atoms with E-state index in [-0.39, 0.29) is 30.2 Å². The summed E-state index contributed by atoms with van der Waals surface area (Å²) < 4.78 is 0. The van der Waals surface area contributed by atoms with Crippen LogP contribution in [0.1, 0.15) is 25.0 Å². The van der Waals surface area contributed by atoms with Crippen molar-refractivity contribution in [2.75, 3.05) is 23.3 Å². The van der Waals surface area contributed by atoms with E-state index in [0.717, 1.165) is 29.7 Å². The first kappa shape index (κ1) is 17.8. The molecule has 6 heteroatoms. The van der Waals surface area contributed by atoms with Gasteiger partial charge in [0, 0.05) is 0 Å². The predicted molar refractivity (Wildman–Crippen MR) is 87.1 cm³/mol. The second-order valence-electron chi connectivity index (χ2n) is 4.48. The topological polar surface area (TPSA) is 49.4 Å². The van der Waals surface area contributed by atoms with Gasteiger partial charge in [-0.05, 0) is 24.0 Å². The summed E-state index contributed by atoms with van der Waals surface area (Å²) in [6.45, 7) is 4.12. The fourth-order valence-corrected chi connectivity index (χ4v) is 2.38. The highest BCUT2D eigenvalue weighted by Gasteiger charge is 2.20. The van der Waals surface area contributed by atoms with E-state index in [1.54, 1.807) is 0 Å². The van der Waals surface area contributed by atoms with Crippen LogP contribution in [-0.2, 0) is 22.4 Å². The fourth-order valence-electron chi connectivity index (χ4n) is 2.14. The van der Waals surface area contributed by atoms with E-state index in [9.17, 15) is 9.59 Å². The molecule has 1 N–H and O–H groups in total. The zero-order valence-corrected chi connectivity index (χ0v) is 13.8. The molecule has 2 amide bonds. The van der Waals surface area contributed by atoms with Crippen LogP contribution in [0.3, 0.4) is 0 Å². The van der Waals surface area contributed by atoms with Crippen LogP contribution < -0.4 is 10.2 Å². The minimum atomic E-state index is -0.323. The molecule has 0 radical (unpaired) electrons. The number of hydrogen-bond donors (Lipinski definition) is 1. The van der Waals surface area contributed by atoms with Gasteiger partial charge >= 0.3 is 0 Å². The van der Waals surface area contributed by atoms with E-state index in [2.05, 4.69) is 5.32 Å². The summed E-state index contributed by atoms with van der Waals surface area (Å²) in [5.74, 6) is -0.852. The highest BCUT2D eigenvalue weighted by atomic mass is 35.5. The highest BCUT2D eigenvalue weighted by Crippen LogP contribution is 2.27. The van der Waals surface area contributed by atoms with Gasteiger partial charge in [-0.15, -0.1) is 23.2 Å². The number of nitrogens with one attached hydrogen (secondary N) is 1. The normalized spacial score (nSPS) is 10.3. The lowest BCUT2D eigenvalue weighted by Crippen LogP contribution is -2.43. The molecule has 0 spiro atoms. The quantitative estimate of drug-likeness (QED) is 0.617. The van der Waals surface area contributed by atoms with Gasteiger partial charge in [-0.3, -0.25) is 14.5 Å². The maximum absolute atomic E-state index is 12.2. The Kier molecular flexibility index (Phi) is 7.54. The molecule has 0 bridgehead atoms. The smallest absolute Gasteiger partial charge is 0.243 e. The number of para-hydroxylation sites is 1. The molecule has 0 unspecified atom stereocenters. The zero-order valence-electron chi connectivity index (χ0n) is 12.3. The molecular formula is C15H20Cl2N2O2. The lowest BCUT2D eigenvalue weighted by molar-refractivity contribution is -0.119. The predicted octanol–water partition coefficient (Wildman–Crippen LogP) is 2.70. The van der Waals surface area contributed by atoms with Crippen molar-refractivity contribution in [2.45, 2.75) is 26.7 Å². The maximum atomic E-state index is 12.2. The number of anilines is 1.